The lowest BCUT2D eigenvalue weighted by Gasteiger charge is -2.13. The van der Waals surface area contributed by atoms with Crippen molar-refractivity contribution < 1.29 is 14.0 Å². The van der Waals surface area contributed by atoms with E-state index in [1.807, 2.05) is 24.3 Å². The Morgan fingerprint density at radius 3 is 2.46 bits per heavy atom. The summed E-state index contributed by atoms with van der Waals surface area (Å²) in [5.41, 5.74) is 2.60. The van der Waals surface area contributed by atoms with E-state index < -0.39 is 5.82 Å². The van der Waals surface area contributed by atoms with E-state index in [0.29, 0.717) is 16.4 Å². The van der Waals surface area contributed by atoms with Crippen molar-refractivity contribution in [3.05, 3.63) is 74.9 Å². The molecule has 2 aromatic carbocycles. The summed E-state index contributed by atoms with van der Waals surface area (Å²) in [6.07, 6.45) is 1.71. The molecular formula is C20H17ClFNO2S. The van der Waals surface area contributed by atoms with Gasteiger partial charge in [-0.1, -0.05) is 55.8 Å². The van der Waals surface area contributed by atoms with Gasteiger partial charge in [-0.15, -0.1) is 0 Å². The van der Waals surface area contributed by atoms with Gasteiger partial charge in [-0.2, -0.15) is 0 Å². The van der Waals surface area contributed by atoms with Crippen LogP contribution in [0.2, 0.25) is 5.02 Å². The average Bonchev–Trinajstić information content (AvgIpc) is 2.85. The Bertz CT molecular complexity index is 893. The Kier molecular flexibility index (Phi) is 5.49. The molecule has 0 saturated carbocycles. The van der Waals surface area contributed by atoms with Gasteiger partial charge in [-0.25, -0.2) is 4.39 Å². The average molecular weight is 390 g/mol. The normalized spacial score (nSPS) is 16.2. The van der Waals surface area contributed by atoms with Gasteiger partial charge in [-0.05, 0) is 52.6 Å². The first-order valence-electron chi connectivity index (χ1n) is 8.14. The molecule has 1 heterocycles. The van der Waals surface area contributed by atoms with E-state index in [1.165, 1.54) is 23.8 Å². The molecule has 2 amide bonds. The number of nitrogens with zero attached hydrogens (tertiary/aromatic N) is 1. The van der Waals surface area contributed by atoms with Crippen LogP contribution in [0.4, 0.5) is 9.18 Å². The second-order valence-electron chi connectivity index (χ2n) is 6.32. The smallest absolute Gasteiger partial charge is 0.268 e. The summed E-state index contributed by atoms with van der Waals surface area (Å²) in [4.78, 5) is 26.3. The van der Waals surface area contributed by atoms with Crippen molar-refractivity contribution >= 4 is 40.6 Å². The molecule has 0 atom stereocenters. The van der Waals surface area contributed by atoms with Crippen LogP contribution in [0.15, 0.2) is 47.4 Å². The maximum Gasteiger partial charge on any atom is 0.293 e. The number of benzene rings is 2. The van der Waals surface area contributed by atoms with Crippen LogP contribution >= 0.6 is 23.4 Å². The van der Waals surface area contributed by atoms with Gasteiger partial charge in [0.25, 0.3) is 11.1 Å². The highest BCUT2D eigenvalue weighted by Gasteiger charge is 2.35. The van der Waals surface area contributed by atoms with Crippen molar-refractivity contribution in [3.63, 3.8) is 0 Å². The molecule has 0 spiro atoms. The predicted octanol–water partition coefficient (Wildman–Crippen LogP) is 5.84. The summed E-state index contributed by atoms with van der Waals surface area (Å²) in [6.45, 7) is 4.25. The van der Waals surface area contributed by atoms with E-state index in [2.05, 4.69) is 13.8 Å². The number of carbonyl (C=O) groups excluding carboxylic acids is 2. The topological polar surface area (TPSA) is 37.4 Å². The quantitative estimate of drug-likeness (QED) is 0.616. The zero-order valence-electron chi connectivity index (χ0n) is 14.3. The molecule has 0 N–H and O–H groups in total. The van der Waals surface area contributed by atoms with Crippen LogP contribution in [-0.2, 0) is 11.3 Å². The minimum Gasteiger partial charge on any atom is -0.268 e. The van der Waals surface area contributed by atoms with Crippen molar-refractivity contribution in [1.29, 1.82) is 0 Å². The summed E-state index contributed by atoms with van der Waals surface area (Å²) in [5.74, 6) is -0.400. The first-order valence-corrected chi connectivity index (χ1v) is 9.34. The molecule has 2 aromatic rings. The minimum absolute atomic E-state index is 0.0212. The summed E-state index contributed by atoms with van der Waals surface area (Å²) in [7, 11) is 0. The highest BCUT2D eigenvalue weighted by atomic mass is 35.5. The van der Waals surface area contributed by atoms with E-state index in [9.17, 15) is 14.0 Å². The highest BCUT2D eigenvalue weighted by molar-refractivity contribution is 8.18. The largest absolute Gasteiger partial charge is 0.293 e. The molecule has 3 rings (SSSR count). The molecule has 3 nitrogen and oxygen atoms in total. The van der Waals surface area contributed by atoms with Crippen molar-refractivity contribution in [2.24, 2.45) is 0 Å². The number of thioether (sulfide) groups is 1. The van der Waals surface area contributed by atoms with Gasteiger partial charge in [0.1, 0.15) is 5.82 Å². The molecule has 26 heavy (non-hydrogen) atoms. The van der Waals surface area contributed by atoms with E-state index in [0.717, 1.165) is 22.2 Å². The number of carbonyl (C=O) groups is 2. The fraction of sp³-hybridized carbons (Fsp3) is 0.200. The maximum atomic E-state index is 13.2. The first kappa shape index (κ1) is 18.7. The SMILES string of the molecule is CC(C)c1ccc(/C=C2/SC(=O)N(Cc3ccc(F)cc3Cl)C2=O)cc1. The predicted molar refractivity (Wildman–Crippen MR) is 103 cm³/mol. The van der Waals surface area contributed by atoms with Crippen LogP contribution in [0, 0.1) is 5.82 Å². The van der Waals surface area contributed by atoms with Crippen molar-refractivity contribution in [3.8, 4) is 0 Å². The molecular weight excluding hydrogens is 373 g/mol. The second kappa shape index (κ2) is 7.64. The lowest BCUT2D eigenvalue weighted by Crippen LogP contribution is -2.27. The van der Waals surface area contributed by atoms with Gasteiger partial charge in [0, 0.05) is 5.02 Å². The van der Waals surface area contributed by atoms with Gasteiger partial charge < -0.3 is 0 Å². The third-order valence-electron chi connectivity index (χ3n) is 4.12. The summed E-state index contributed by atoms with van der Waals surface area (Å²) in [6, 6.07) is 11.8. The van der Waals surface area contributed by atoms with Crippen LogP contribution in [-0.4, -0.2) is 16.0 Å². The summed E-state index contributed by atoms with van der Waals surface area (Å²) < 4.78 is 13.2. The lowest BCUT2D eigenvalue weighted by molar-refractivity contribution is -0.123. The summed E-state index contributed by atoms with van der Waals surface area (Å²) in [5, 5.41) is -0.169. The van der Waals surface area contributed by atoms with E-state index in [-0.39, 0.29) is 22.7 Å². The fourth-order valence-electron chi connectivity index (χ4n) is 2.59. The standard InChI is InChI=1S/C20H17ClFNO2S/c1-12(2)14-5-3-13(4-6-14)9-18-19(24)23(20(25)26-18)11-15-7-8-16(22)10-17(15)21/h3-10,12H,11H2,1-2H3/b18-9+. The van der Waals surface area contributed by atoms with Crippen LogP contribution < -0.4 is 0 Å². The number of imide groups is 1. The molecule has 1 aliphatic heterocycles. The van der Waals surface area contributed by atoms with Gasteiger partial charge in [0.2, 0.25) is 0 Å². The molecule has 0 aromatic heterocycles. The Labute approximate surface area is 160 Å². The third kappa shape index (κ3) is 4.00. The first-order chi connectivity index (χ1) is 12.3. The van der Waals surface area contributed by atoms with Crippen LogP contribution in [0.5, 0.6) is 0 Å². The number of hydrogen-bond donors (Lipinski definition) is 0. The highest BCUT2D eigenvalue weighted by Crippen LogP contribution is 2.34. The maximum absolute atomic E-state index is 13.2. The van der Waals surface area contributed by atoms with E-state index in [4.69, 9.17) is 11.6 Å². The number of amides is 2. The number of rotatable bonds is 4. The van der Waals surface area contributed by atoms with Gasteiger partial charge in [-0.3, -0.25) is 14.5 Å². The van der Waals surface area contributed by atoms with Crippen LogP contribution in [0.1, 0.15) is 36.5 Å². The molecule has 0 bridgehead atoms. The minimum atomic E-state index is -0.461. The molecule has 6 heteroatoms. The third-order valence-corrected chi connectivity index (χ3v) is 5.38. The zero-order chi connectivity index (χ0) is 18.8. The second-order valence-corrected chi connectivity index (χ2v) is 7.73. The molecule has 1 saturated heterocycles. The lowest BCUT2D eigenvalue weighted by atomic mass is 10.0. The Hall–Kier alpha value is -2.11. The molecule has 1 fully saturated rings. The number of halogens is 2. The molecule has 134 valence electrons. The summed E-state index contributed by atoms with van der Waals surface area (Å²) >= 11 is 6.90. The fourth-order valence-corrected chi connectivity index (χ4v) is 3.65. The monoisotopic (exact) mass is 389 g/mol. The Morgan fingerprint density at radius 1 is 1.15 bits per heavy atom. The van der Waals surface area contributed by atoms with Gasteiger partial charge >= 0.3 is 0 Å². The molecule has 0 aliphatic carbocycles. The molecule has 0 unspecified atom stereocenters. The van der Waals surface area contributed by atoms with E-state index in [1.54, 1.807) is 6.08 Å². The zero-order valence-corrected chi connectivity index (χ0v) is 15.9. The van der Waals surface area contributed by atoms with Gasteiger partial charge in [0.15, 0.2) is 0 Å². The van der Waals surface area contributed by atoms with Crippen molar-refractivity contribution in [2.75, 3.05) is 0 Å². The van der Waals surface area contributed by atoms with Crippen LogP contribution in [0.25, 0.3) is 6.08 Å². The van der Waals surface area contributed by atoms with Crippen molar-refractivity contribution in [2.45, 2.75) is 26.3 Å². The van der Waals surface area contributed by atoms with Crippen LogP contribution in [0.3, 0.4) is 0 Å². The number of hydrogen-bond acceptors (Lipinski definition) is 3. The molecule has 0 radical (unpaired) electrons. The van der Waals surface area contributed by atoms with E-state index >= 15 is 0 Å². The van der Waals surface area contributed by atoms with Gasteiger partial charge in [0.05, 0.1) is 11.4 Å². The van der Waals surface area contributed by atoms with Crippen molar-refractivity contribution in [1.82, 2.24) is 4.90 Å². The molecule has 1 aliphatic rings. The Balaban J connectivity index is 1.79. The Morgan fingerprint density at radius 2 is 1.85 bits per heavy atom.